The molecule has 0 unspecified atom stereocenters. The average Bonchev–Trinajstić information content (AvgIpc) is 3.55. The summed E-state index contributed by atoms with van der Waals surface area (Å²) in [4.78, 5) is 13.6. The molecule has 3 rings (SSSR count). The molecule has 2 aromatic rings. The minimum atomic E-state index is -0.853. The molecule has 1 saturated carbocycles. The number of nitriles is 1. The van der Waals surface area contributed by atoms with Crippen molar-refractivity contribution in [2.75, 3.05) is 23.3 Å². The lowest BCUT2D eigenvalue weighted by molar-refractivity contribution is -0.137. The highest BCUT2D eigenvalue weighted by Crippen LogP contribution is 2.38. The SMILES string of the molecule is CC[C@H](CC(=O)O)c1ccc(N(CC2CC2)CC(C)(C)O)c(Nc2ccc(C#N)cc2)c1. The molecule has 1 fully saturated rings. The van der Waals surface area contributed by atoms with Crippen molar-refractivity contribution in [2.45, 2.75) is 58.0 Å². The van der Waals surface area contributed by atoms with E-state index in [-0.39, 0.29) is 12.3 Å². The first kappa shape index (κ1) is 23.6. The molecular formula is C26H33N3O3. The number of rotatable bonds is 11. The fourth-order valence-corrected chi connectivity index (χ4v) is 4.00. The summed E-state index contributed by atoms with van der Waals surface area (Å²) in [5.74, 6) is -0.246. The molecular weight excluding hydrogens is 402 g/mol. The molecule has 1 atom stereocenters. The van der Waals surface area contributed by atoms with Gasteiger partial charge in [-0.05, 0) is 86.9 Å². The van der Waals surface area contributed by atoms with Gasteiger partial charge in [0, 0.05) is 18.8 Å². The minimum Gasteiger partial charge on any atom is -0.481 e. The lowest BCUT2D eigenvalue weighted by atomic mass is 9.92. The molecule has 0 bridgehead atoms. The first-order valence-corrected chi connectivity index (χ1v) is 11.3. The molecule has 0 aliphatic heterocycles. The number of carboxylic acid groups (broad SMARTS) is 1. The zero-order chi connectivity index (χ0) is 23.3. The predicted octanol–water partition coefficient (Wildman–Crippen LogP) is 5.26. The number of aliphatic carboxylic acids is 1. The lowest BCUT2D eigenvalue weighted by Gasteiger charge is -2.33. The van der Waals surface area contributed by atoms with E-state index in [0.717, 1.165) is 35.6 Å². The van der Waals surface area contributed by atoms with Gasteiger partial charge in [0.15, 0.2) is 0 Å². The Balaban J connectivity index is 2.00. The van der Waals surface area contributed by atoms with Gasteiger partial charge in [-0.3, -0.25) is 4.79 Å². The van der Waals surface area contributed by atoms with Crippen LogP contribution in [0.2, 0.25) is 0 Å². The second-order valence-corrected chi connectivity index (χ2v) is 9.43. The maximum absolute atomic E-state index is 11.4. The second kappa shape index (κ2) is 10.1. The number of hydrogen-bond acceptors (Lipinski definition) is 5. The fourth-order valence-electron chi connectivity index (χ4n) is 4.00. The van der Waals surface area contributed by atoms with Gasteiger partial charge in [-0.1, -0.05) is 13.0 Å². The summed E-state index contributed by atoms with van der Waals surface area (Å²) in [7, 11) is 0. The Labute approximate surface area is 190 Å². The van der Waals surface area contributed by atoms with E-state index in [1.807, 2.05) is 51.1 Å². The third kappa shape index (κ3) is 6.73. The zero-order valence-corrected chi connectivity index (χ0v) is 19.1. The van der Waals surface area contributed by atoms with Crippen LogP contribution in [0.1, 0.15) is 63.5 Å². The largest absolute Gasteiger partial charge is 0.481 e. The summed E-state index contributed by atoms with van der Waals surface area (Å²) in [6.07, 6.45) is 3.23. The van der Waals surface area contributed by atoms with Gasteiger partial charge in [0.25, 0.3) is 0 Å². The van der Waals surface area contributed by atoms with Gasteiger partial charge in [0.05, 0.1) is 35.0 Å². The van der Waals surface area contributed by atoms with Crippen LogP contribution in [0.3, 0.4) is 0 Å². The average molecular weight is 436 g/mol. The topological polar surface area (TPSA) is 96.6 Å². The number of carbonyl (C=O) groups is 1. The van der Waals surface area contributed by atoms with Gasteiger partial charge in [-0.2, -0.15) is 5.26 Å². The van der Waals surface area contributed by atoms with Crippen LogP contribution >= 0.6 is 0 Å². The number of carboxylic acids is 1. The van der Waals surface area contributed by atoms with Crippen molar-refractivity contribution in [3.05, 3.63) is 53.6 Å². The van der Waals surface area contributed by atoms with Crippen LogP contribution in [0.25, 0.3) is 0 Å². The normalized spacial score (nSPS) is 14.5. The first-order chi connectivity index (χ1) is 15.2. The Hall–Kier alpha value is -3.04. The summed E-state index contributed by atoms with van der Waals surface area (Å²) in [6.45, 7) is 7.00. The van der Waals surface area contributed by atoms with Gasteiger partial charge < -0.3 is 20.4 Å². The highest BCUT2D eigenvalue weighted by molar-refractivity contribution is 5.77. The maximum Gasteiger partial charge on any atom is 0.303 e. The van der Waals surface area contributed by atoms with E-state index in [9.17, 15) is 15.0 Å². The third-order valence-corrected chi connectivity index (χ3v) is 5.79. The van der Waals surface area contributed by atoms with E-state index in [1.165, 1.54) is 12.8 Å². The van der Waals surface area contributed by atoms with E-state index >= 15 is 0 Å². The molecule has 0 amide bonds. The summed E-state index contributed by atoms with van der Waals surface area (Å²) in [6, 6.07) is 15.5. The van der Waals surface area contributed by atoms with Crippen LogP contribution in [-0.2, 0) is 4.79 Å². The van der Waals surface area contributed by atoms with Crippen LogP contribution in [0, 0.1) is 17.2 Å². The number of anilines is 3. The van der Waals surface area contributed by atoms with Gasteiger partial charge >= 0.3 is 5.97 Å². The van der Waals surface area contributed by atoms with Gasteiger partial charge in [0.2, 0.25) is 0 Å². The van der Waals surface area contributed by atoms with Crippen LogP contribution in [0.15, 0.2) is 42.5 Å². The monoisotopic (exact) mass is 435 g/mol. The first-order valence-electron chi connectivity index (χ1n) is 11.3. The number of nitrogens with zero attached hydrogens (tertiary/aromatic N) is 2. The van der Waals surface area contributed by atoms with E-state index in [4.69, 9.17) is 5.26 Å². The van der Waals surface area contributed by atoms with Crippen molar-refractivity contribution in [3.8, 4) is 6.07 Å². The zero-order valence-electron chi connectivity index (χ0n) is 19.1. The summed E-state index contributed by atoms with van der Waals surface area (Å²) < 4.78 is 0. The highest BCUT2D eigenvalue weighted by atomic mass is 16.4. The molecule has 0 saturated heterocycles. The molecule has 170 valence electrons. The molecule has 0 heterocycles. The Kier molecular flexibility index (Phi) is 7.42. The van der Waals surface area contributed by atoms with Gasteiger partial charge in [-0.15, -0.1) is 0 Å². The maximum atomic E-state index is 11.4. The quantitative estimate of drug-likeness (QED) is 0.446. The van der Waals surface area contributed by atoms with E-state index < -0.39 is 11.6 Å². The number of hydrogen-bond donors (Lipinski definition) is 3. The molecule has 1 aliphatic rings. The van der Waals surface area contributed by atoms with Crippen LogP contribution in [0.4, 0.5) is 17.1 Å². The Morgan fingerprint density at radius 3 is 2.47 bits per heavy atom. The Morgan fingerprint density at radius 2 is 1.94 bits per heavy atom. The highest BCUT2D eigenvalue weighted by Gasteiger charge is 2.29. The van der Waals surface area contributed by atoms with Crippen molar-refractivity contribution < 1.29 is 15.0 Å². The standard InChI is InChI=1S/C26H33N3O3/c1-4-20(14-25(30)31)21-9-12-24(29(16-19-5-6-19)17-26(2,3)32)23(13-21)28-22-10-7-18(15-27)8-11-22/h7-13,19-20,28,32H,4-6,14,16-17H2,1-3H3,(H,30,31)/t20-/m1/s1. The number of benzene rings is 2. The van der Waals surface area contributed by atoms with E-state index in [2.05, 4.69) is 16.3 Å². The third-order valence-electron chi connectivity index (χ3n) is 5.79. The van der Waals surface area contributed by atoms with E-state index in [0.29, 0.717) is 18.0 Å². The number of nitrogens with one attached hydrogen (secondary N) is 1. The summed E-state index contributed by atoms with van der Waals surface area (Å²) in [5.41, 5.74) is 3.43. The van der Waals surface area contributed by atoms with Crippen molar-refractivity contribution >= 4 is 23.0 Å². The van der Waals surface area contributed by atoms with Gasteiger partial charge in [-0.25, -0.2) is 0 Å². The summed E-state index contributed by atoms with van der Waals surface area (Å²) >= 11 is 0. The molecule has 6 heteroatoms. The smallest absolute Gasteiger partial charge is 0.303 e. The van der Waals surface area contributed by atoms with Crippen LogP contribution < -0.4 is 10.2 Å². The van der Waals surface area contributed by atoms with Crippen LogP contribution in [0.5, 0.6) is 0 Å². The second-order valence-electron chi connectivity index (χ2n) is 9.43. The molecule has 32 heavy (non-hydrogen) atoms. The van der Waals surface area contributed by atoms with Crippen molar-refractivity contribution in [3.63, 3.8) is 0 Å². The minimum absolute atomic E-state index is 0.0748. The molecule has 2 aromatic carbocycles. The van der Waals surface area contributed by atoms with Crippen molar-refractivity contribution in [1.82, 2.24) is 0 Å². The van der Waals surface area contributed by atoms with E-state index in [1.54, 1.807) is 12.1 Å². The predicted molar refractivity (Wildman–Crippen MR) is 127 cm³/mol. The molecule has 1 aliphatic carbocycles. The molecule has 3 N–H and O–H groups in total. The molecule has 0 radical (unpaired) electrons. The van der Waals surface area contributed by atoms with Gasteiger partial charge in [0.1, 0.15) is 0 Å². The fraction of sp³-hybridized carbons (Fsp3) is 0.462. The molecule has 6 nitrogen and oxygen atoms in total. The summed E-state index contributed by atoms with van der Waals surface area (Å²) in [5, 5.41) is 32.4. The lowest BCUT2D eigenvalue weighted by Crippen LogP contribution is -2.40. The Bertz CT molecular complexity index is 969. The van der Waals surface area contributed by atoms with Crippen LogP contribution in [-0.4, -0.2) is 34.9 Å². The number of aliphatic hydroxyl groups is 1. The van der Waals surface area contributed by atoms with Crippen molar-refractivity contribution in [2.24, 2.45) is 5.92 Å². The van der Waals surface area contributed by atoms with Crippen molar-refractivity contribution in [1.29, 1.82) is 5.26 Å². The Morgan fingerprint density at radius 1 is 1.25 bits per heavy atom. The molecule has 0 aromatic heterocycles. The molecule has 0 spiro atoms.